The number of piperazine rings is 1. The monoisotopic (exact) mass is 469 g/mol. The standard InChI is InChI=1S/C24H35N7O3/c1-29-9-11-30(12-10-29)8-6-4-5-7-25-23-26-16-18-17-31(24(32)28-22(18)27-23)19-13-20(33-2)15-21(14-19)34-3/h13-16H,4-12,17H2,1-3H3,(H2,25,26,27,28,32). The van der Waals surface area contributed by atoms with E-state index in [4.69, 9.17) is 9.47 Å². The fourth-order valence-corrected chi connectivity index (χ4v) is 4.19. The molecule has 10 nitrogen and oxygen atoms in total. The molecule has 2 aliphatic heterocycles. The molecule has 1 fully saturated rings. The number of anilines is 3. The molecule has 0 spiro atoms. The topological polar surface area (TPSA) is 95.1 Å². The van der Waals surface area contributed by atoms with Crippen molar-refractivity contribution in [2.75, 3.05) is 76.1 Å². The average Bonchev–Trinajstić information content (AvgIpc) is 2.86. The van der Waals surface area contributed by atoms with Crippen molar-refractivity contribution in [3.05, 3.63) is 30.0 Å². The van der Waals surface area contributed by atoms with Crippen molar-refractivity contribution in [3.8, 4) is 11.5 Å². The van der Waals surface area contributed by atoms with Gasteiger partial charge in [-0.15, -0.1) is 0 Å². The zero-order valence-corrected chi connectivity index (χ0v) is 20.3. The van der Waals surface area contributed by atoms with Crippen molar-refractivity contribution in [2.24, 2.45) is 0 Å². The van der Waals surface area contributed by atoms with E-state index in [2.05, 4.69) is 37.4 Å². The lowest BCUT2D eigenvalue weighted by Gasteiger charge is -2.32. The highest BCUT2D eigenvalue weighted by Gasteiger charge is 2.26. The van der Waals surface area contributed by atoms with E-state index in [0.717, 1.165) is 18.5 Å². The summed E-state index contributed by atoms with van der Waals surface area (Å²) in [7, 11) is 5.35. The van der Waals surface area contributed by atoms with Crippen LogP contribution in [0.2, 0.25) is 0 Å². The van der Waals surface area contributed by atoms with Crippen LogP contribution in [0.15, 0.2) is 24.4 Å². The van der Waals surface area contributed by atoms with E-state index in [0.29, 0.717) is 35.5 Å². The van der Waals surface area contributed by atoms with Crippen molar-refractivity contribution in [2.45, 2.75) is 25.8 Å². The van der Waals surface area contributed by atoms with Crippen LogP contribution in [0, 0.1) is 0 Å². The van der Waals surface area contributed by atoms with Crippen LogP contribution in [0.1, 0.15) is 24.8 Å². The Labute approximate surface area is 201 Å². The van der Waals surface area contributed by atoms with E-state index in [9.17, 15) is 4.79 Å². The third-order valence-electron chi connectivity index (χ3n) is 6.34. The summed E-state index contributed by atoms with van der Waals surface area (Å²) in [6.07, 6.45) is 5.20. The van der Waals surface area contributed by atoms with Crippen molar-refractivity contribution < 1.29 is 14.3 Å². The Balaban J connectivity index is 1.26. The first-order valence-corrected chi connectivity index (χ1v) is 11.9. The van der Waals surface area contributed by atoms with Crippen molar-refractivity contribution >= 4 is 23.5 Å². The summed E-state index contributed by atoms with van der Waals surface area (Å²) in [5.74, 6) is 2.32. The zero-order valence-electron chi connectivity index (χ0n) is 20.3. The van der Waals surface area contributed by atoms with Crippen LogP contribution >= 0.6 is 0 Å². The molecule has 1 aromatic carbocycles. The number of carbonyl (C=O) groups excluding carboxylic acids is 1. The van der Waals surface area contributed by atoms with E-state index < -0.39 is 0 Å². The van der Waals surface area contributed by atoms with Gasteiger partial charge in [-0.3, -0.25) is 10.2 Å². The maximum absolute atomic E-state index is 12.8. The minimum atomic E-state index is -0.253. The lowest BCUT2D eigenvalue weighted by Crippen LogP contribution is -2.44. The summed E-state index contributed by atoms with van der Waals surface area (Å²) < 4.78 is 10.7. The Morgan fingerprint density at radius 3 is 2.47 bits per heavy atom. The normalized spacial score (nSPS) is 16.7. The molecule has 3 heterocycles. The van der Waals surface area contributed by atoms with Gasteiger partial charge in [0.2, 0.25) is 5.95 Å². The number of aromatic nitrogens is 2. The zero-order chi connectivity index (χ0) is 23.9. The van der Waals surface area contributed by atoms with E-state index in [-0.39, 0.29) is 6.03 Å². The van der Waals surface area contributed by atoms with Gasteiger partial charge in [0.1, 0.15) is 17.3 Å². The smallest absolute Gasteiger partial charge is 0.327 e. The van der Waals surface area contributed by atoms with Gasteiger partial charge in [0, 0.05) is 62.7 Å². The molecule has 10 heteroatoms. The fourth-order valence-electron chi connectivity index (χ4n) is 4.19. The van der Waals surface area contributed by atoms with Gasteiger partial charge in [0.15, 0.2) is 0 Å². The van der Waals surface area contributed by atoms with Crippen LogP contribution < -0.4 is 25.0 Å². The number of amides is 2. The number of benzene rings is 1. The molecule has 2 aromatic rings. The molecule has 0 radical (unpaired) electrons. The Bertz CT molecular complexity index is 957. The minimum Gasteiger partial charge on any atom is -0.497 e. The highest BCUT2D eigenvalue weighted by molar-refractivity contribution is 6.03. The molecule has 0 saturated carbocycles. The second kappa shape index (κ2) is 11.3. The number of urea groups is 1. The highest BCUT2D eigenvalue weighted by atomic mass is 16.5. The number of fused-ring (bicyclic) bond motifs is 1. The highest BCUT2D eigenvalue weighted by Crippen LogP contribution is 2.32. The molecule has 0 aliphatic carbocycles. The van der Waals surface area contributed by atoms with Crippen LogP contribution in [0.4, 0.5) is 22.2 Å². The van der Waals surface area contributed by atoms with Gasteiger partial charge in [-0.1, -0.05) is 6.42 Å². The summed E-state index contributed by atoms with van der Waals surface area (Å²) in [5.41, 5.74) is 1.53. The summed E-state index contributed by atoms with van der Waals surface area (Å²) >= 11 is 0. The maximum atomic E-state index is 12.8. The molecule has 0 unspecified atom stereocenters. The van der Waals surface area contributed by atoms with Gasteiger partial charge >= 0.3 is 6.03 Å². The van der Waals surface area contributed by atoms with E-state index in [1.54, 1.807) is 43.5 Å². The van der Waals surface area contributed by atoms with Crippen LogP contribution in [0.25, 0.3) is 0 Å². The quantitative estimate of drug-likeness (QED) is 0.513. The Hall–Kier alpha value is -3.11. The number of nitrogens with one attached hydrogen (secondary N) is 2. The summed E-state index contributed by atoms with van der Waals surface area (Å²) in [4.78, 5) is 28.3. The lowest BCUT2D eigenvalue weighted by atomic mass is 10.2. The summed E-state index contributed by atoms with van der Waals surface area (Å²) in [6, 6.07) is 5.12. The Kier molecular flexibility index (Phi) is 8.02. The van der Waals surface area contributed by atoms with Crippen LogP contribution in [0.3, 0.4) is 0 Å². The number of hydrogen-bond acceptors (Lipinski definition) is 8. The molecule has 34 heavy (non-hydrogen) atoms. The molecule has 1 saturated heterocycles. The van der Waals surface area contributed by atoms with Crippen LogP contribution in [-0.2, 0) is 6.54 Å². The molecule has 1 aromatic heterocycles. The number of unbranched alkanes of at least 4 members (excludes halogenated alkanes) is 2. The second-order valence-corrected chi connectivity index (χ2v) is 8.79. The maximum Gasteiger partial charge on any atom is 0.327 e. The molecule has 4 rings (SSSR count). The third-order valence-corrected chi connectivity index (χ3v) is 6.34. The Morgan fingerprint density at radius 2 is 1.76 bits per heavy atom. The average molecular weight is 470 g/mol. The predicted molar refractivity (Wildman–Crippen MR) is 133 cm³/mol. The second-order valence-electron chi connectivity index (χ2n) is 8.79. The number of methoxy groups -OCH3 is 2. The summed E-state index contributed by atoms with van der Waals surface area (Å²) in [6.45, 7) is 7.02. The largest absolute Gasteiger partial charge is 0.497 e. The third kappa shape index (κ3) is 6.06. The van der Waals surface area contributed by atoms with E-state index >= 15 is 0 Å². The molecule has 0 atom stereocenters. The molecule has 2 amide bonds. The number of carbonyl (C=O) groups is 1. The van der Waals surface area contributed by atoms with Crippen LogP contribution in [-0.4, -0.2) is 86.3 Å². The molecule has 2 aliphatic rings. The Morgan fingerprint density at radius 1 is 1.03 bits per heavy atom. The molecule has 0 bridgehead atoms. The number of hydrogen-bond donors (Lipinski definition) is 2. The lowest BCUT2D eigenvalue weighted by molar-refractivity contribution is 0.152. The first-order valence-electron chi connectivity index (χ1n) is 11.9. The van der Waals surface area contributed by atoms with E-state index in [1.807, 2.05) is 0 Å². The first kappa shape index (κ1) is 24.0. The van der Waals surface area contributed by atoms with Gasteiger partial charge in [-0.25, -0.2) is 9.78 Å². The minimum absolute atomic E-state index is 0.253. The van der Waals surface area contributed by atoms with Crippen LogP contribution in [0.5, 0.6) is 11.5 Å². The number of nitrogens with zero attached hydrogens (tertiary/aromatic N) is 5. The molecule has 2 N–H and O–H groups in total. The van der Waals surface area contributed by atoms with Gasteiger partial charge in [0.05, 0.1) is 26.5 Å². The number of rotatable bonds is 10. The first-order chi connectivity index (χ1) is 16.6. The molecular formula is C24H35N7O3. The van der Waals surface area contributed by atoms with Gasteiger partial charge < -0.3 is 24.6 Å². The van der Waals surface area contributed by atoms with Gasteiger partial charge in [-0.2, -0.15) is 4.98 Å². The van der Waals surface area contributed by atoms with E-state index in [1.165, 1.54) is 45.6 Å². The summed E-state index contributed by atoms with van der Waals surface area (Å²) in [5, 5.41) is 6.17. The van der Waals surface area contributed by atoms with Gasteiger partial charge in [-0.05, 0) is 26.4 Å². The molecule has 184 valence electrons. The number of likely N-dealkylation sites (N-methyl/N-ethyl adjacent to an activating group) is 1. The fraction of sp³-hybridized carbons (Fsp3) is 0.542. The molecular weight excluding hydrogens is 434 g/mol. The van der Waals surface area contributed by atoms with Gasteiger partial charge in [0.25, 0.3) is 0 Å². The van der Waals surface area contributed by atoms with Crippen molar-refractivity contribution in [3.63, 3.8) is 0 Å². The predicted octanol–water partition coefficient (Wildman–Crippen LogP) is 2.88. The number of ether oxygens (including phenoxy) is 2. The van der Waals surface area contributed by atoms with Crippen molar-refractivity contribution in [1.29, 1.82) is 0 Å². The SMILES string of the molecule is COc1cc(OC)cc(N2Cc3cnc(NCCCCCN4CCN(C)CC4)nc3NC2=O)c1. The van der Waals surface area contributed by atoms with Crippen molar-refractivity contribution in [1.82, 2.24) is 19.8 Å².